The lowest BCUT2D eigenvalue weighted by molar-refractivity contribution is 0.195. The molecule has 4 heteroatoms. The molecule has 0 unspecified atom stereocenters. The standard InChI is InChI=1S/C15H16FNOS/c1-9-7-10(2)17-14(8-9)19-15-12(11(3)18)5-4-6-13(15)16/h4-8,11,18H,1-3H3/t11-/m1/s1. The molecular formula is C15H16FNOS. The number of aromatic nitrogens is 1. The molecule has 0 bridgehead atoms. The quantitative estimate of drug-likeness (QED) is 0.919. The Morgan fingerprint density at radius 3 is 2.63 bits per heavy atom. The van der Waals surface area contributed by atoms with E-state index in [1.165, 1.54) is 17.8 Å². The van der Waals surface area contributed by atoms with Gasteiger partial charge in [0.15, 0.2) is 0 Å². The zero-order chi connectivity index (χ0) is 14.0. The summed E-state index contributed by atoms with van der Waals surface area (Å²) in [7, 11) is 0. The van der Waals surface area contributed by atoms with Crippen LogP contribution in [0.3, 0.4) is 0 Å². The molecule has 0 aliphatic heterocycles. The Balaban J connectivity index is 2.42. The number of hydrogen-bond donors (Lipinski definition) is 1. The normalized spacial score (nSPS) is 12.5. The van der Waals surface area contributed by atoms with Gasteiger partial charge in [-0.1, -0.05) is 23.9 Å². The summed E-state index contributed by atoms with van der Waals surface area (Å²) in [5.41, 5.74) is 2.58. The van der Waals surface area contributed by atoms with E-state index >= 15 is 0 Å². The Bertz CT molecular complexity index is 578. The second-order valence-electron chi connectivity index (χ2n) is 4.56. The number of benzene rings is 1. The van der Waals surface area contributed by atoms with Gasteiger partial charge in [-0.3, -0.25) is 0 Å². The van der Waals surface area contributed by atoms with Gasteiger partial charge in [0.1, 0.15) is 10.8 Å². The van der Waals surface area contributed by atoms with Crippen LogP contribution in [-0.4, -0.2) is 10.1 Å². The number of aliphatic hydroxyl groups excluding tert-OH is 1. The fourth-order valence-electron chi connectivity index (χ4n) is 1.92. The number of aliphatic hydroxyl groups is 1. The van der Waals surface area contributed by atoms with Crippen molar-refractivity contribution in [2.45, 2.75) is 36.8 Å². The fraction of sp³-hybridized carbons (Fsp3) is 0.267. The van der Waals surface area contributed by atoms with Crippen molar-refractivity contribution < 1.29 is 9.50 Å². The molecule has 1 heterocycles. The molecule has 1 aromatic heterocycles. The molecule has 100 valence electrons. The van der Waals surface area contributed by atoms with E-state index in [2.05, 4.69) is 4.98 Å². The minimum absolute atomic E-state index is 0.329. The van der Waals surface area contributed by atoms with Gasteiger partial charge in [-0.2, -0.15) is 0 Å². The maximum atomic E-state index is 13.9. The summed E-state index contributed by atoms with van der Waals surface area (Å²) in [6.07, 6.45) is -0.705. The summed E-state index contributed by atoms with van der Waals surface area (Å²) in [6.45, 7) is 5.53. The SMILES string of the molecule is Cc1cc(C)nc(Sc2c(F)cccc2[C@@H](C)O)c1. The number of nitrogens with zero attached hydrogens (tertiary/aromatic N) is 1. The van der Waals surface area contributed by atoms with Crippen molar-refractivity contribution in [1.82, 2.24) is 4.98 Å². The molecule has 0 saturated heterocycles. The highest BCUT2D eigenvalue weighted by atomic mass is 32.2. The van der Waals surface area contributed by atoms with E-state index in [1.54, 1.807) is 19.1 Å². The van der Waals surface area contributed by atoms with Gasteiger partial charge >= 0.3 is 0 Å². The summed E-state index contributed by atoms with van der Waals surface area (Å²) >= 11 is 1.25. The molecule has 0 fully saturated rings. The van der Waals surface area contributed by atoms with Crippen molar-refractivity contribution in [1.29, 1.82) is 0 Å². The number of aryl methyl sites for hydroxylation is 2. The Labute approximate surface area is 116 Å². The van der Waals surface area contributed by atoms with Gasteiger partial charge < -0.3 is 5.11 Å². The third-order valence-electron chi connectivity index (χ3n) is 2.73. The van der Waals surface area contributed by atoms with Gasteiger partial charge in [-0.25, -0.2) is 9.37 Å². The van der Waals surface area contributed by atoms with Crippen LogP contribution in [0.2, 0.25) is 0 Å². The Morgan fingerprint density at radius 1 is 1.26 bits per heavy atom. The van der Waals surface area contributed by atoms with Gasteiger partial charge in [0, 0.05) is 5.69 Å². The van der Waals surface area contributed by atoms with Gasteiger partial charge in [0.05, 0.1) is 11.0 Å². The molecule has 1 N–H and O–H groups in total. The molecule has 1 aromatic carbocycles. The third-order valence-corrected chi connectivity index (χ3v) is 3.78. The van der Waals surface area contributed by atoms with Crippen LogP contribution in [0.15, 0.2) is 40.3 Å². The van der Waals surface area contributed by atoms with Crippen molar-refractivity contribution in [3.63, 3.8) is 0 Å². The maximum Gasteiger partial charge on any atom is 0.137 e. The van der Waals surface area contributed by atoms with Crippen LogP contribution in [0, 0.1) is 19.7 Å². The molecule has 0 spiro atoms. The fourth-order valence-corrected chi connectivity index (χ4v) is 3.09. The van der Waals surface area contributed by atoms with E-state index in [-0.39, 0.29) is 5.82 Å². The monoisotopic (exact) mass is 277 g/mol. The minimum Gasteiger partial charge on any atom is -0.389 e. The summed E-state index contributed by atoms with van der Waals surface area (Å²) in [5, 5.41) is 10.5. The number of rotatable bonds is 3. The lowest BCUT2D eigenvalue weighted by Gasteiger charge is -2.12. The van der Waals surface area contributed by atoms with Gasteiger partial charge in [-0.15, -0.1) is 0 Å². The molecule has 0 saturated carbocycles. The molecule has 2 aromatic rings. The maximum absolute atomic E-state index is 13.9. The first-order chi connectivity index (χ1) is 8.97. The van der Waals surface area contributed by atoms with Crippen LogP contribution in [0.4, 0.5) is 4.39 Å². The number of pyridine rings is 1. The number of halogens is 1. The topological polar surface area (TPSA) is 33.1 Å². The van der Waals surface area contributed by atoms with Crippen molar-refractivity contribution in [2.75, 3.05) is 0 Å². The molecule has 2 rings (SSSR count). The molecule has 0 aliphatic rings. The molecule has 19 heavy (non-hydrogen) atoms. The molecule has 0 amide bonds. The highest BCUT2D eigenvalue weighted by Gasteiger charge is 2.14. The predicted molar refractivity (Wildman–Crippen MR) is 74.9 cm³/mol. The Hall–Kier alpha value is -1.39. The van der Waals surface area contributed by atoms with Crippen LogP contribution in [0.5, 0.6) is 0 Å². The van der Waals surface area contributed by atoms with Crippen molar-refractivity contribution in [3.05, 3.63) is 53.0 Å². The van der Waals surface area contributed by atoms with Crippen LogP contribution >= 0.6 is 11.8 Å². The predicted octanol–water partition coefficient (Wildman–Crippen LogP) is 4.04. The third kappa shape index (κ3) is 3.33. The first-order valence-electron chi connectivity index (χ1n) is 6.07. The Kier molecular flexibility index (Phi) is 4.22. The van der Waals surface area contributed by atoms with E-state index in [9.17, 15) is 9.50 Å². The van der Waals surface area contributed by atoms with Gasteiger partial charge in [0.25, 0.3) is 0 Å². The summed E-state index contributed by atoms with van der Waals surface area (Å²) in [5.74, 6) is -0.329. The second-order valence-corrected chi connectivity index (χ2v) is 5.59. The van der Waals surface area contributed by atoms with Crippen LogP contribution in [0.25, 0.3) is 0 Å². The van der Waals surface area contributed by atoms with E-state index in [0.717, 1.165) is 16.3 Å². The first-order valence-corrected chi connectivity index (χ1v) is 6.88. The highest BCUT2D eigenvalue weighted by Crippen LogP contribution is 2.34. The lowest BCUT2D eigenvalue weighted by atomic mass is 10.1. The molecule has 0 radical (unpaired) electrons. The Morgan fingerprint density at radius 2 is 2.00 bits per heavy atom. The second kappa shape index (κ2) is 5.72. The van der Waals surface area contributed by atoms with E-state index in [0.29, 0.717) is 10.5 Å². The summed E-state index contributed by atoms with van der Waals surface area (Å²) in [6, 6.07) is 8.63. The van der Waals surface area contributed by atoms with Crippen LogP contribution in [-0.2, 0) is 0 Å². The molecule has 2 nitrogen and oxygen atoms in total. The summed E-state index contributed by atoms with van der Waals surface area (Å²) in [4.78, 5) is 4.83. The summed E-state index contributed by atoms with van der Waals surface area (Å²) < 4.78 is 13.9. The zero-order valence-electron chi connectivity index (χ0n) is 11.1. The van der Waals surface area contributed by atoms with Gasteiger partial charge in [0.2, 0.25) is 0 Å². The molecule has 1 atom stereocenters. The average Bonchev–Trinajstić information content (AvgIpc) is 2.30. The molecular weight excluding hydrogens is 261 g/mol. The van der Waals surface area contributed by atoms with Crippen molar-refractivity contribution in [3.8, 4) is 0 Å². The van der Waals surface area contributed by atoms with Crippen molar-refractivity contribution >= 4 is 11.8 Å². The van der Waals surface area contributed by atoms with E-state index in [1.807, 2.05) is 26.0 Å². The van der Waals surface area contributed by atoms with Crippen molar-refractivity contribution in [2.24, 2.45) is 0 Å². The smallest absolute Gasteiger partial charge is 0.137 e. The lowest BCUT2D eigenvalue weighted by Crippen LogP contribution is -1.97. The highest BCUT2D eigenvalue weighted by molar-refractivity contribution is 7.99. The number of hydrogen-bond acceptors (Lipinski definition) is 3. The minimum atomic E-state index is -0.705. The van der Waals surface area contributed by atoms with E-state index < -0.39 is 6.10 Å². The van der Waals surface area contributed by atoms with E-state index in [4.69, 9.17) is 0 Å². The van der Waals surface area contributed by atoms with Gasteiger partial charge in [-0.05, 0) is 50.1 Å². The first kappa shape index (κ1) is 14.0. The zero-order valence-corrected chi connectivity index (χ0v) is 12.0. The van der Waals surface area contributed by atoms with Crippen LogP contribution in [0.1, 0.15) is 29.8 Å². The average molecular weight is 277 g/mol. The van der Waals surface area contributed by atoms with Crippen LogP contribution < -0.4 is 0 Å². The molecule has 0 aliphatic carbocycles. The largest absolute Gasteiger partial charge is 0.389 e.